The van der Waals surface area contributed by atoms with Gasteiger partial charge in [-0.1, -0.05) is 6.58 Å². The third-order valence-electron chi connectivity index (χ3n) is 2.42. The molecule has 12 heavy (non-hydrogen) atoms. The highest BCUT2D eigenvalue weighted by atomic mass is 32.1. The summed E-state index contributed by atoms with van der Waals surface area (Å²) in [4.78, 5) is 3.00. The van der Waals surface area contributed by atoms with E-state index in [-0.39, 0.29) is 0 Å². The van der Waals surface area contributed by atoms with E-state index in [9.17, 15) is 0 Å². The molecule has 0 N–H and O–H groups in total. The Morgan fingerprint density at radius 2 is 2.17 bits per heavy atom. The quantitative estimate of drug-likeness (QED) is 0.615. The van der Waals surface area contributed by atoms with E-state index in [1.54, 1.807) is 10.4 Å². The first kappa shape index (κ1) is 8.06. The van der Waals surface area contributed by atoms with E-state index in [0.29, 0.717) is 0 Å². The van der Waals surface area contributed by atoms with E-state index in [4.69, 9.17) is 0 Å². The minimum Gasteiger partial charge on any atom is -0.140 e. The van der Waals surface area contributed by atoms with Crippen LogP contribution in [-0.4, -0.2) is 0 Å². The number of fused-ring (bicyclic) bond motifs is 1. The average molecular weight is 178 g/mol. The van der Waals surface area contributed by atoms with Gasteiger partial charge in [-0.05, 0) is 49.8 Å². The highest BCUT2D eigenvalue weighted by Crippen LogP contribution is 2.32. The molecule has 0 bridgehead atoms. The van der Waals surface area contributed by atoms with E-state index in [1.165, 1.54) is 36.1 Å². The first-order valence-electron chi connectivity index (χ1n) is 4.55. The molecule has 0 atom stereocenters. The van der Waals surface area contributed by atoms with Gasteiger partial charge in [-0.25, -0.2) is 0 Å². The summed E-state index contributed by atoms with van der Waals surface area (Å²) < 4.78 is 0. The number of hydrogen-bond acceptors (Lipinski definition) is 1. The predicted octanol–water partition coefficient (Wildman–Crippen LogP) is 3.66. The van der Waals surface area contributed by atoms with Crippen molar-refractivity contribution in [3.63, 3.8) is 0 Å². The zero-order valence-corrected chi connectivity index (χ0v) is 8.34. The van der Waals surface area contributed by atoms with E-state index >= 15 is 0 Å². The molecule has 1 aliphatic rings. The van der Waals surface area contributed by atoms with Crippen molar-refractivity contribution in [3.8, 4) is 0 Å². The van der Waals surface area contributed by atoms with E-state index < -0.39 is 0 Å². The molecule has 1 heterocycles. The van der Waals surface area contributed by atoms with Crippen LogP contribution in [0, 0.1) is 0 Å². The van der Waals surface area contributed by atoms with Crippen molar-refractivity contribution < 1.29 is 0 Å². The maximum Gasteiger partial charge on any atom is 0.0299 e. The Hall–Kier alpha value is -0.560. The molecule has 0 amide bonds. The normalized spacial score (nSPS) is 15.8. The summed E-state index contributed by atoms with van der Waals surface area (Å²) in [6.07, 6.45) is 5.34. The molecule has 0 aromatic carbocycles. The molecule has 64 valence electrons. The average Bonchev–Trinajstić information content (AvgIpc) is 2.46. The molecule has 0 saturated carbocycles. The lowest BCUT2D eigenvalue weighted by molar-refractivity contribution is 0.697. The molecule has 0 fully saturated rings. The van der Waals surface area contributed by atoms with Crippen molar-refractivity contribution in [2.75, 3.05) is 0 Å². The summed E-state index contributed by atoms with van der Waals surface area (Å²) in [5.74, 6) is 0. The Kier molecular flexibility index (Phi) is 2.05. The summed E-state index contributed by atoms with van der Waals surface area (Å²) in [5, 5.41) is 0. The Balaban J connectivity index is 2.38. The molecular formula is C11H14S. The van der Waals surface area contributed by atoms with Gasteiger partial charge in [0.2, 0.25) is 0 Å². The molecular weight excluding hydrogens is 164 g/mol. The second-order valence-electron chi connectivity index (χ2n) is 3.55. The monoisotopic (exact) mass is 178 g/mol. The summed E-state index contributed by atoms with van der Waals surface area (Å²) in [5.41, 5.74) is 2.80. The zero-order valence-electron chi connectivity index (χ0n) is 7.52. The third-order valence-corrected chi connectivity index (χ3v) is 3.82. The number of hydrogen-bond donors (Lipinski definition) is 0. The molecule has 1 heteroatoms. The highest BCUT2D eigenvalue weighted by Gasteiger charge is 2.12. The van der Waals surface area contributed by atoms with E-state index in [0.717, 1.165) is 0 Å². The second-order valence-corrected chi connectivity index (χ2v) is 4.68. The van der Waals surface area contributed by atoms with Crippen LogP contribution < -0.4 is 0 Å². The van der Waals surface area contributed by atoms with Gasteiger partial charge in [-0.3, -0.25) is 0 Å². The fourth-order valence-corrected chi connectivity index (χ4v) is 2.88. The number of rotatable bonds is 1. The fourth-order valence-electron chi connectivity index (χ4n) is 1.70. The predicted molar refractivity (Wildman–Crippen MR) is 55.7 cm³/mol. The Labute approximate surface area is 77.9 Å². The molecule has 1 aromatic heterocycles. The smallest absolute Gasteiger partial charge is 0.0299 e. The van der Waals surface area contributed by atoms with Crippen molar-refractivity contribution in [3.05, 3.63) is 28.0 Å². The molecule has 1 aromatic rings. The van der Waals surface area contributed by atoms with Gasteiger partial charge in [0.05, 0.1) is 0 Å². The topological polar surface area (TPSA) is 0 Å². The van der Waals surface area contributed by atoms with Gasteiger partial charge in [-0.2, -0.15) is 0 Å². The molecule has 0 unspecified atom stereocenters. The van der Waals surface area contributed by atoms with Gasteiger partial charge >= 0.3 is 0 Å². The van der Waals surface area contributed by atoms with E-state index in [1.807, 2.05) is 11.3 Å². The largest absolute Gasteiger partial charge is 0.140 e. The first-order chi connectivity index (χ1) is 5.77. The van der Waals surface area contributed by atoms with E-state index in [2.05, 4.69) is 19.6 Å². The fraction of sp³-hybridized carbons (Fsp3) is 0.455. The van der Waals surface area contributed by atoms with Crippen LogP contribution in [0.5, 0.6) is 0 Å². The maximum atomic E-state index is 3.98. The van der Waals surface area contributed by atoms with Crippen LogP contribution in [0.1, 0.15) is 35.1 Å². The standard InChI is InChI=1S/C11H14S/c1-8(2)11-7-9-5-3-4-6-10(9)12-11/h7H,1,3-6H2,2H3. The van der Waals surface area contributed by atoms with Crippen molar-refractivity contribution in [2.24, 2.45) is 0 Å². The van der Waals surface area contributed by atoms with Crippen LogP contribution in [0.25, 0.3) is 5.57 Å². The third kappa shape index (κ3) is 1.34. The van der Waals surface area contributed by atoms with Crippen LogP contribution in [0.2, 0.25) is 0 Å². The Morgan fingerprint density at radius 1 is 1.42 bits per heavy atom. The van der Waals surface area contributed by atoms with Crippen LogP contribution >= 0.6 is 11.3 Å². The summed E-state index contributed by atoms with van der Waals surface area (Å²) >= 11 is 1.94. The van der Waals surface area contributed by atoms with Crippen LogP contribution in [-0.2, 0) is 12.8 Å². The van der Waals surface area contributed by atoms with Gasteiger partial charge in [0, 0.05) is 9.75 Å². The summed E-state index contributed by atoms with van der Waals surface area (Å²) in [6.45, 7) is 6.07. The lowest BCUT2D eigenvalue weighted by Gasteiger charge is -2.08. The second kappa shape index (κ2) is 3.06. The minimum atomic E-state index is 1.22. The SMILES string of the molecule is C=C(C)c1cc2c(s1)CCCC2. The maximum absolute atomic E-state index is 3.98. The molecule has 1 aliphatic carbocycles. The molecule has 0 nitrogen and oxygen atoms in total. The molecule has 0 spiro atoms. The van der Waals surface area contributed by atoms with Gasteiger partial charge in [0.1, 0.15) is 0 Å². The summed E-state index contributed by atoms with van der Waals surface area (Å²) in [7, 11) is 0. The van der Waals surface area contributed by atoms with Crippen molar-refractivity contribution in [1.82, 2.24) is 0 Å². The van der Waals surface area contributed by atoms with Gasteiger partial charge in [0.25, 0.3) is 0 Å². The molecule has 0 saturated heterocycles. The van der Waals surface area contributed by atoms with Crippen LogP contribution in [0.15, 0.2) is 12.6 Å². The zero-order chi connectivity index (χ0) is 8.55. The molecule has 0 aliphatic heterocycles. The molecule has 2 rings (SSSR count). The van der Waals surface area contributed by atoms with Crippen molar-refractivity contribution in [1.29, 1.82) is 0 Å². The van der Waals surface area contributed by atoms with Crippen LogP contribution in [0.3, 0.4) is 0 Å². The van der Waals surface area contributed by atoms with Gasteiger partial charge in [0.15, 0.2) is 0 Å². The van der Waals surface area contributed by atoms with Gasteiger partial charge in [-0.15, -0.1) is 11.3 Å². The Bertz CT molecular complexity index is 283. The highest BCUT2D eigenvalue weighted by molar-refractivity contribution is 7.13. The number of aryl methyl sites for hydroxylation is 2. The number of allylic oxidation sites excluding steroid dienone is 1. The van der Waals surface area contributed by atoms with Crippen molar-refractivity contribution >= 4 is 16.9 Å². The van der Waals surface area contributed by atoms with Crippen LogP contribution in [0.4, 0.5) is 0 Å². The lowest BCUT2D eigenvalue weighted by atomic mass is 9.99. The molecule has 0 radical (unpaired) electrons. The Morgan fingerprint density at radius 3 is 2.83 bits per heavy atom. The van der Waals surface area contributed by atoms with Gasteiger partial charge < -0.3 is 0 Å². The number of thiophene rings is 1. The first-order valence-corrected chi connectivity index (χ1v) is 5.36. The lowest BCUT2D eigenvalue weighted by Crippen LogP contribution is -1.96. The minimum absolute atomic E-state index is 1.22. The summed E-state index contributed by atoms with van der Waals surface area (Å²) in [6, 6.07) is 2.33. The van der Waals surface area contributed by atoms with Crippen molar-refractivity contribution in [2.45, 2.75) is 32.6 Å².